The molecule has 1 heterocycles. The van der Waals surface area contributed by atoms with Gasteiger partial charge in [-0.1, -0.05) is 18.2 Å². The second-order valence-electron chi connectivity index (χ2n) is 7.64. The zero-order valence-electron chi connectivity index (χ0n) is 18.2. The number of halogens is 3. The molecule has 0 saturated carbocycles. The predicted octanol–water partition coefficient (Wildman–Crippen LogP) is 5.54. The first-order chi connectivity index (χ1) is 16.7. The third-order valence-corrected chi connectivity index (χ3v) is 5.96. The highest BCUT2D eigenvalue weighted by molar-refractivity contribution is 8.00. The Morgan fingerprint density at radius 3 is 2.49 bits per heavy atom. The summed E-state index contributed by atoms with van der Waals surface area (Å²) in [5.74, 6) is -0.298. The number of hydrogen-bond acceptors (Lipinski definition) is 5. The summed E-state index contributed by atoms with van der Waals surface area (Å²) in [5, 5.41) is 8.74. The fraction of sp³-hybridized carbons (Fsp3) is 0.200. The highest BCUT2D eigenvalue weighted by atomic mass is 32.2. The number of alkyl halides is 3. The van der Waals surface area contributed by atoms with Crippen LogP contribution in [0, 0.1) is 0 Å². The Kier molecular flexibility index (Phi) is 7.20. The predicted molar refractivity (Wildman–Crippen MR) is 124 cm³/mol. The number of carboxylic acids is 1. The molecule has 10 heteroatoms. The van der Waals surface area contributed by atoms with Gasteiger partial charge >= 0.3 is 11.5 Å². The number of amides is 1. The summed E-state index contributed by atoms with van der Waals surface area (Å²) in [6.07, 6.45) is 0.532. The Labute approximate surface area is 203 Å². The van der Waals surface area contributed by atoms with Gasteiger partial charge in [0.05, 0.1) is 13.2 Å². The maximum absolute atomic E-state index is 12.9. The molecule has 3 aromatic carbocycles. The van der Waals surface area contributed by atoms with Gasteiger partial charge in [0.1, 0.15) is 11.5 Å². The molecule has 0 radical (unpaired) electrons. The van der Waals surface area contributed by atoms with Crippen LogP contribution in [0.5, 0.6) is 11.5 Å². The summed E-state index contributed by atoms with van der Waals surface area (Å²) in [4.78, 5) is 25.2. The van der Waals surface area contributed by atoms with Crippen LogP contribution in [0.3, 0.4) is 0 Å². The van der Waals surface area contributed by atoms with Crippen LogP contribution in [-0.2, 0) is 17.8 Å². The van der Waals surface area contributed by atoms with Crippen molar-refractivity contribution < 1.29 is 37.3 Å². The standard InChI is InChI=1S/C25H20F3NO5S/c26-25(27,28)35-19-9-7-17(8-10-19)29-14-21-20(24(29)32)5-2-6-22(21)33-12-11-16-3-1-4-18(13-16)34-15-23(30)31/h1-10,13H,11-12,14-15H2,(H,30,31). The van der Waals surface area contributed by atoms with E-state index in [2.05, 4.69) is 0 Å². The van der Waals surface area contributed by atoms with Crippen LogP contribution in [0.4, 0.5) is 18.9 Å². The largest absolute Gasteiger partial charge is 0.493 e. The van der Waals surface area contributed by atoms with Crippen LogP contribution in [0.25, 0.3) is 0 Å². The molecule has 3 aromatic rings. The van der Waals surface area contributed by atoms with E-state index in [4.69, 9.17) is 14.6 Å². The van der Waals surface area contributed by atoms with E-state index in [-0.39, 0.29) is 29.1 Å². The highest BCUT2D eigenvalue weighted by Crippen LogP contribution is 2.39. The minimum absolute atomic E-state index is 0.0480. The molecule has 0 aromatic heterocycles. The number of carbonyl (C=O) groups excluding carboxylic acids is 1. The van der Waals surface area contributed by atoms with Gasteiger partial charge in [-0.15, -0.1) is 0 Å². The summed E-state index contributed by atoms with van der Waals surface area (Å²) < 4.78 is 48.9. The average molecular weight is 503 g/mol. The molecule has 1 N–H and O–H groups in total. The lowest BCUT2D eigenvalue weighted by Crippen LogP contribution is -2.22. The minimum Gasteiger partial charge on any atom is -0.493 e. The van der Waals surface area contributed by atoms with Crippen molar-refractivity contribution in [3.63, 3.8) is 0 Å². The molecule has 4 rings (SSSR count). The number of aliphatic carboxylic acids is 1. The van der Waals surface area contributed by atoms with Crippen LogP contribution in [0.1, 0.15) is 21.5 Å². The van der Waals surface area contributed by atoms with Crippen molar-refractivity contribution in [3.8, 4) is 11.5 Å². The Hall–Kier alpha value is -3.66. The van der Waals surface area contributed by atoms with Gasteiger partial charge < -0.3 is 19.5 Å². The normalized spacial score (nSPS) is 13.0. The number of benzene rings is 3. The number of hydrogen-bond donors (Lipinski definition) is 1. The van der Waals surface area contributed by atoms with E-state index in [9.17, 15) is 22.8 Å². The third-order valence-electron chi connectivity index (χ3n) is 5.22. The van der Waals surface area contributed by atoms with Crippen molar-refractivity contribution in [1.29, 1.82) is 0 Å². The first kappa shape index (κ1) is 24.5. The highest BCUT2D eigenvalue weighted by Gasteiger charge is 2.32. The first-order valence-electron chi connectivity index (χ1n) is 10.6. The van der Waals surface area contributed by atoms with Crippen LogP contribution in [-0.4, -0.2) is 35.7 Å². The average Bonchev–Trinajstić information content (AvgIpc) is 3.15. The van der Waals surface area contributed by atoms with Crippen molar-refractivity contribution >= 4 is 29.3 Å². The van der Waals surface area contributed by atoms with Gasteiger partial charge in [0.2, 0.25) is 0 Å². The first-order valence-corrected chi connectivity index (χ1v) is 11.4. The van der Waals surface area contributed by atoms with E-state index in [1.807, 2.05) is 6.07 Å². The number of fused-ring (bicyclic) bond motifs is 1. The number of rotatable bonds is 9. The molecule has 182 valence electrons. The smallest absolute Gasteiger partial charge is 0.446 e. The van der Waals surface area contributed by atoms with E-state index >= 15 is 0 Å². The summed E-state index contributed by atoms with van der Waals surface area (Å²) in [6.45, 7) is 0.134. The molecule has 6 nitrogen and oxygen atoms in total. The van der Waals surface area contributed by atoms with Gasteiger partial charge in [-0.25, -0.2) is 4.79 Å². The van der Waals surface area contributed by atoms with Crippen molar-refractivity contribution in [1.82, 2.24) is 0 Å². The molecule has 1 aliphatic heterocycles. The maximum Gasteiger partial charge on any atom is 0.446 e. The fourth-order valence-electron chi connectivity index (χ4n) is 3.69. The molecule has 0 spiro atoms. The van der Waals surface area contributed by atoms with Crippen molar-refractivity contribution in [2.45, 2.75) is 23.4 Å². The summed E-state index contributed by atoms with van der Waals surface area (Å²) in [5.41, 5.74) is -1.78. The number of carbonyl (C=O) groups is 2. The van der Waals surface area contributed by atoms with Gasteiger partial charge in [0.25, 0.3) is 5.91 Å². The molecule has 1 amide bonds. The van der Waals surface area contributed by atoms with E-state index in [0.717, 1.165) is 5.56 Å². The number of thioether (sulfide) groups is 1. The van der Waals surface area contributed by atoms with Gasteiger partial charge in [-0.3, -0.25) is 4.79 Å². The number of anilines is 1. The maximum atomic E-state index is 12.9. The number of ether oxygens (including phenoxy) is 2. The van der Waals surface area contributed by atoms with Crippen LogP contribution < -0.4 is 14.4 Å². The van der Waals surface area contributed by atoms with Crippen molar-refractivity contribution in [2.75, 3.05) is 18.1 Å². The summed E-state index contributed by atoms with van der Waals surface area (Å²) in [7, 11) is 0. The zero-order valence-corrected chi connectivity index (χ0v) is 19.1. The van der Waals surface area contributed by atoms with Gasteiger partial charge in [0, 0.05) is 28.1 Å². The van der Waals surface area contributed by atoms with Gasteiger partial charge in [-0.05, 0) is 65.9 Å². The minimum atomic E-state index is -4.37. The third kappa shape index (κ3) is 6.27. The monoisotopic (exact) mass is 503 g/mol. The molecule has 0 bridgehead atoms. The summed E-state index contributed by atoms with van der Waals surface area (Å²) >= 11 is -0.203. The van der Waals surface area contributed by atoms with Crippen LogP contribution in [0.2, 0.25) is 0 Å². The second kappa shape index (κ2) is 10.3. The SMILES string of the molecule is O=C(O)COc1cccc(CCOc2cccc3c2CN(c2ccc(SC(F)(F)F)cc2)C3=O)c1. The van der Waals surface area contributed by atoms with Gasteiger partial charge in [-0.2, -0.15) is 13.2 Å². The Morgan fingerprint density at radius 1 is 1.03 bits per heavy atom. The molecule has 0 atom stereocenters. The Bertz CT molecular complexity index is 1230. The fourth-order valence-corrected chi connectivity index (χ4v) is 4.23. The summed E-state index contributed by atoms with van der Waals surface area (Å²) in [6, 6.07) is 17.9. The van der Waals surface area contributed by atoms with Crippen molar-refractivity contribution in [2.24, 2.45) is 0 Å². The molecule has 0 fully saturated rings. The number of carboxylic acid groups (broad SMARTS) is 1. The molecular formula is C25H20F3NO5S. The second-order valence-corrected chi connectivity index (χ2v) is 8.78. The quantitative estimate of drug-likeness (QED) is 0.386. The zero-order chi connectivity index (χ0) is 25.0. The molecule has 1 aliphatic rings. The van der Waals surface area contributed by atoms with Crippen LogP contribution >= 0.6 is 11.8 Å². The van der Waals surface area contributed by atoms with Crippen molar-refractivity contribution in [3.05, 3.63) is 83.4 Å². The Morgan fingerprint density at radius 2 is 1.77 bits per heavy atom. The van der Waals surface area contributed by atoms with E-state index in [0.29, 0.717) is 41.3 Å². The molecule has 0 unspecified atom stereocenters. The Balaban J connectivity index is 1.40. The molecule has 0 aliphatic carbocycles. The molecule has 0 saturated heterocycles. The molecule has 35 heavy (non-hydrogen) atoms. The molecular weight excluding hydrogens is 483 g/mol. The number of nitrogens with zero attached hydrogens (tertiary/aromatic N) is 1. The lowest BCUT2D eigenvalue weighted by molar-refractivity contribution is -0.139. The lowest BCUT2D eigenvalue weighted by atomic mass is 10.1. The van der Waals surface area contributed by atoms with E-state index in [1.54, 1.807) is 36.4 Å². The topological polar surface area (TPSA) is 76.1 Å². The van der Waals surface area contributed by atoms with Gasteiger partial charge in [0.15, 0.2) is 6.61 Å². The van der Waals surface area contributed by atoms with E-state index in [1.165, 1.54) is 29.2 Å². The van der Waals surface area contributed by atoms with Crippen LogP contribution in [0.15, 0.2) is 71.6 Å². The lowest BCUT2D eigenvalue weighted by Gasteiger charge is -2.16. The van der Waals surface area contributed by atoms with E-state index < -0.39 is 18.1 Å².